The fourth-order valence-electron chi connectivity index (χ4n) is 2.38. The summed E-state index contributed by atoms with van der Waals surface area (Å²) in [6.45, 7) is 4.10. The monoisotopic (exact) mass is 294 g/mol. The van der Waals surface area contributed by atoms with Crippen LogP contribution in [0.3, 0.4) is 0 Å². The summed E-state index contributed by atoms with van der Waals surface area (Å²) < 4.78 is 5.41. The predicted octanol–water partition coefficient (Wildman–Crippen LogP) is 0.334. The van der Waals surface area contributed by atoms with Gasteiger partial charge in [-0.15, -0.1) is 0 Å². The molecule has 0 bridgehead atoms. The summed E-state index contributed by atoms with van der Waals surface area (Å²) in [4.78, 5) is 25.4. The summed E-state index contributed by atoms with van der Waals surface area (Å²) in [5.41, 5.74) is 10.9. The van der Waals surface area contributed by atoms with Gasteiger partial charge in [-0.25, -0.2) is 0 Å². The Kier molecular flexibility index (Phi) is 5.13. The minimum Gasteiger partial charge on any atom is -0.463 e. The lowest BCUT2D eigenvalue weighted by atomic mass is 9.93. The normalized spacial score (nSPS) is 16.0. The summed E-state index contributed by atoms with van der Waals surface area (Å²) in [5.74, 6) is 0.790. The first-order valence-electron chi connectivity index (χ1n) is 7.26. The van der Waals surface area contributed by atoms with Gasteiger partial charge in [0.2, 0.25) is 17.8 Å². The van der Waals surface area contributed by atoms with Crippen LogP contribution >= 0.6 is 0 Å². The molecule has 2 heterocycles. The van der Waals surface area contributed by atoms with E-state index in [2.05, 4.69) is 15.0 Å². The molecular weight excluding hydrogens is 272 g/mol. The molecule has 8 nitrogen and oxygen atoms in total. The largest absolute Gasteiger partial charge is 0.463 e. The van der Waals surface area contributed by atoms with E-state index < -0.39 is 0 Å². The summed E-state index contributed by atoms with van der Waals surface area (Å²) in [7, 11) is 0. The van der Waals surface area contributed by atoms with Crippen molar-refractivity contribution in [2.45, 2.75) is 32.6 Å². The highest BCUT2D eigenvalue weighted by atomic mass is 16.5. The van der Waals surface area contributed by atoms with Gasteiger partial charge in [0.05, 0.1) is 6.61 Å². The van der Waals surface area contributed by atoms with Crippen LogP contribution in [-0.2, 0) is 4.79 Å². The standard InChI is InChI=1S/C13H22N6O2/c1-2-7-21-13-17-11(15)16-12(18-13)19-5-3-9(4-6-19)8-10(14)20/h9H,2-8H2,1H3,(H2,14,20)(H2,15,16,17,18). The van der Waals surface area contributed by atoms with Gasteiger partial charge in [0.1, 0.15) is 0 Å². The Balaban J connectivity index is 1.99. The van der Waals surface area contributed by atoms with Gasteiger partial charge in [0.25, 0.3) is 0 Å². The Morgan fingerprint density at radius 3 is 2.67 bits per heavy atom. The number of ether oxygens (including phenoxy) is 1. The van der Waals surface area contributed by atoms with E-state index in [0.717, 1.165) is 32.4 Å². The Hall–Kier alpha value is -2.12. The van der Waals surface area contributed by atoms with E-state index in [0.29, 0.717) is 24.9 Å². The first-order chi connectivity index (χ1) is 10.1. The van der Waals surface area contributed by atoms with Crippen molar-refractivity contribution >= 4 is 17.8 Å². The van der Waals surface area contributed by atoms with E-state index in [9.17, 15) is 4.79 Å². The molecule has 1 amide bonds. The molecule has 2 rings (SSSR count). The van der Waals surface area contributed by atoms with Gasteiger partial charge in [0.15, 0.2) is 0 Å². The maximum Gasteiger partial charge on any atom is 0.323 e. The van der Waals surface area contributed by atoms with Gasteiger partial charge in [-0.1, -0.05) is 6.92 Å². The number of aromatic nitrogens is 3. The topological polar surface area (TPSA) is 120 Å². The molecule has 1 aromatic rings. The van der Waals surface area contributed by atoms with Crippen LogP contribution in [0.15, 0.2) is 0 Å². The molecule has 0 aliphatic carbocycles. The number of piperidine rings is 1. The number of anilines is 2. The maximum atomic E-state index is 11.0. The molecule has 1 saturated heterocycles. The Morgan fingerprint density at radius 2 is 2.05 bits per heavy atom. The van der Waals surface area contributed by atoms with E-state index in [4.69, 9.17) is 16.2 Å². The van der Waals surface area contributed by atoms with Crippen LogP contribution in [0.4, 0.5) is 11.9 Å². The van der Waals surface area contributed by atoms with E-state index in [1.807, 2.05) is 11.8 Å². The highest BCUT2D eigenvalue weighted by Gasteiger charge is 2.23. The van der Waals surface area contributed by atoms with Crippen LogP contribution in [0.25, 0.3) is 0 Å². The molecule has 0 atom stereocenters. The number of nitrogens with two attached hydrogens (primary N) is 2. The highest BCUT2D eigenvalue weighted by molar-refractivity contribution is 5.74. The zero-order valence-corrected chi connectivity index (χ0v) is 12.3. The van der Waals surface area contributed by atoms with Gasteiger partial charge in [0, 0.05) is 19.5 Å². The molecule has 0 saturated carbocycles. The van der Waals surface area contributed by atoms with Gasteiger partial charge in [-0.3, -0.25) is 4.79 Å². The van der Waals surface area contributed by atoms with Crippen molar-refractivity contribution in [1.82, 2.24) is 15.0 Å². The Morgan fingerprint density at radius 1 is 1.33 bits per heavy atom. The number of hydrogen-bond donors (Lipinski definition) is 2. The summed E-state index contributed by atoms with van der Waals surface area (Å²) in [5, 5.41) is 0. The zero-order valence-electron chi connectivity index (χ0n) is 12.3. The number of primary amides is 1. The van der Waals surface area contributed by atoms with Crippen molar-refractivity contribution in [2.75, 3.05) is 30.3 Å². The third-order valence-electron chi connectivity index (χ3n) is 3.44. The van der Waals surface area contributed by atoms with Gasteiger partial charge in [-0.05, 0) is 25.2 Å². The molecule has 21 heavy (non-hydrogen) atoms. The summed E-state index contributed by atoms with van der Waals surface area (Å²) >= 11 is 0. The molecule has 0 aromatic carbocycles. The Labute approximate surface area is 123 Å². The summed E-state index contributed by atoms with van der Waals surface area (Å²) in [6, 6.07) is 0.263. The second-order valence-corrected chi connectivity index (χ2v) is 5.23. The fourth-order valence-corrected chi connectivity index (χ4v) is 2.38. The van der Waals surface area contributed by atoms with Crippen LogP contribution in [0, 0.1) is 5.92 Å². The predicted molar refractivity (Wildman–Crippen MR) is 78.8 cm³/mol. The second kappa shape index (κ2) is 7.05. The third kappa shape index (κ3) is 4.44. The second-order valence-electron chi connectivity index (χ2n) is 5.23. The lowest BCUT2D eigenvalue weighted by molar-refractivity contribution is -0.119. The first-order valence-corrected chi connectivity index (χ1v) is 7.26. The van der Waals surface area contributed by atoms with E-state index in [-0.39, 0.29) is 17.9 Å². The Bertz CT molecular complexity index is 488. The summed E-state index contributed by atoms with van der Waals surface area (Å²) in [6.07, 6.45) is 3.09. The van der Waals surface area contributed by atoms with E-state index in [1.54, 1.807) is 0 Å². The number of hydrogen-bond acceptors (Lipinski definition) is 7. The van der Waals surface area contributed by atoms with Crippen molar-refractivity contribution in [3.8, 4) is 6.01 Å². The number of nitrogen functional groups attached to an aromatic ring is 1. The van der Waals surface area contributed by atoms with E-state index in [1.165, 1.54) is 0 Å². The van der Waals surface area contributed by atoms with Gasteiger partial charge < -0.3 is 21.1 Å². The van der Waals surface area contributed by atoms with Crippen LogP contribution < -0.4 is 21.1 Å². The molecule has 1 aliphatic heterocycles. The molecule has 0 spiro atoms. The molecule has 1 aromatic heterocycles. The number of nitrogens with zero attached hydrogens (tertiary/aromatic N) is 4. The highest BCUT2D eigenvalue weighted by Crippen LogP contribution is 2.24. The molecule has 0 radical (unpaired) electrons. The maximum absolute atomic E-state index is 11.0. The molecule has 1 aliphatic rings. The van der Waals surface area contributed by atoms with Gasteiger partial charge in [-0.2, -0.15) is 15.0 Å². The number of rotatable bonds is 6. The lowest BCUT2D eigenvalue weighted by Crippen LogP contribution is -2.36. The fraction of sp³-hybridized carbons (Fsp3) is 0.692. The quantitative estimate of drug-likeness (QED) is 0.775. The van der Waals surface area contributed by atoms with Crippen LogP contribution in [-0.4, -0.2) is 40.6 Å². The smallest absolute Gasteiger partial charge is 0.323 e. The number of carbonyl (C=O) groups excluding carboxylic acids is 1. The van der Waals surface area contributed by atoms with Crippen LogP contribution in [0.1, 0.15) is 32.6 Å². The SMILES string of the molecule is CCCOc1nc(N)nc(N2CCC(CC(N)=O)CC2)n1. The van der Waals surface area contributed by atoms with Crippen LogP contribution in [0.2, 0.25) is 0 Å². The van der Waals surface area contributed by atoms with E-state index >= 15 is 0 Å². The van der Waals surface area contributed by atoms with Crippen molar-refractivity contribution in [1.29, 1.82) is 0 Å². The van der Waals surface area contributed by atoms with Crippen molar-refractivity contribution in [3.63, 3.8) is 0 Å². The molecule has 116 valence electrons. The van der Waals surface area contributed by atoms with Crippen LogP contribution in [0.5, 0.6) is 6.01 Å². The molecular formula is C13H22N6O2. The zero-order chi connectivity index (χ0) is 15.2. The number of carbonyl (C=O) groups is 1. The minimum absolute atomic E-state index is 0.158. The van der Waals surface area contributed by atoms with Crippen molar-refractivity contribution in [3.05, 3.63) is 0 Å². The van der Waals surface area contributed by atoms with Crippen molar-refractivity contribution in [2.24, 2.45) is 11.7 Å². The van der Waals surface area contributed by atoms with Crippen molar-refractivity contribution < 1.29 is 9.53 Å². The first kappa shape index (κ1) is 15.3. The minimum atomic E-state index is -0.242. The molecule has 4 N–H and O–H groups in total. The van der Waals surface area contributed by atoms with Gasteiger partial charge >= 0.3 is 6.01 Å². The molecule has 0 unspecified atom stereocenters. The lowest BCUT2D eigenvalue weighted by Gasteiger charge is -2.31. The molecule has 8 heteroatoms. The molecule has 1 fully saturated rings. The average molecular weight is 294 g/mol. The third-order valence-corrected chi connectivity index (χ3v) is 3.44. The number of amides is 1. The average Bonchev–Trinajstić information content (AvgIpc) is 2.44.